The van der Waals surface area contributed by atoms with Crippen LogP contribution in [-0.2, 0) is 4.79 Å². The Balaban J connectivity index is 1.18. The minimum atomic E-state index is -0.431. The molecule has 1 aliphatic carbocycles. The third-order valence-corrected chi connectivity index (χ3v) is 6.91. The van der Waals surface area contributed by atoms with E-state index in [1.807, 2.05) is 26.0 Å². The fourth-order valence-electron chi connectivity index (χ4n) is 4.82. The highest BCUT2D eigenvalue weighted by molar-refractivity contribution is 5.79. The number of pyridine rings is 2. The maximum Gasteiger partial charge on any atom is 0.223 e. The summed E-state index contributed by atoms with van der Waals surface area (Å²) in [6.07, 6.45) is 7.02. The lowest BCUT2D eigenvalue weighted by Crippen LogP contribution is -2.34. The Hall–Kier alpha value is -4.59. The first kappa shape index (κ1) is 25.1. The molecule has 5 rings (SSSR count). The largest absolute Gasteiger partial charge is 0.349 e. The molecule has 1 fully saturated rings. The zero-order valence-corrected chi connectivity index (χ0v) is 21.1. The number of hydrogen-bond acceptors (Lipinski definition) is 7. The third kappa shape index (κ3) is 5.54. The summed E-state index contributed by atoms with van der Waals surface area (Å²) in [6, 6.07) is 11.1. The highest BCUT2D eigenvalue weighted by atomic mass is 19.1. The van der Waals surface area contributed by atoms with Crippen LogP contribution in [0, 0.1) is 30.0 Å². The van der Waals surface area contributed by atoms with Gasteiger partial charge in [-0.3, -0.25) is 9.89 Å². The third-order valence-electron chi connectivity index (χ3n) is 6.91. The van der Waals surface area contributed by atoms with Crippen LogP contribution >= 0.6 is 0 Å². The number of nitrogens with zero attached hydrogens (tertiary/aromatic N) is 6. The second-order valence-corrected chi connectivity index (χ2v) is 9.63. The minimum Gasteiger partial charge on any atom is -0.349 e. The highest BCUT2D eigenvalue weighted by Gasteiger charge is 2.30. The van der Waals surface area contributed by atoms with E-state index in [0.717, 1.165) is 36.0 Å². The van der Waals surface area contributed by atoms with Crippen LogP contribution in [0.3, 0.4) is 0 Å². The molecule has 0 radical (unpaired) electrons. The van der Waals surface area contributed by atoms with Crippen molar-refractivity contribution < 1.29 is 9.18 Å². The van der Waals surface area contributed by atoms with Gasteiger partial charge in [0.2, 0.25) is 5.91 Å². The van der Waals surface area contributed by atoms with E-state index in [-0.39, 0.29) is 23.8 Å². The second-order valence-electron chi connectivity index (χ2n) is 9.63. The Morgan fingerprint density at radius 1 is 1.18 bits per heavy atom. The summed E-state index contributed by atoms with van der Waals surface area (Å²) in [7, 11) is 0. The van der Waals surface area contributed by atoms with Gasteiger partial charge in [-0.15, -0.1) is 0 Å². The molecule has 4 heterocycles. The second kappa shape index (κ2) is 10.8. The number of hydrogen-bond donors (Lipinski definition) is 3. The van der Waals surface area contributed by atoms with Crippen molar-refractivity contribution in [1.82, 2.24) is 35.3 Å². The van der Waals surface area contributed by atoms with E-state index in [1.54, 1.807) is 24.4 Å². The van der Waals surface area contributed by atoms with Crippen LogP contribution in [0.15, 0.2) is 48.9 Å². The monoisotopic (exact) mass is 513 g/mol. The first-order valence-corrected chi connectivity index (χ1v) is 12.6. The maximum absolute atomic E-state index is 13.2. The molecule has 0 bridgehead atoms. The predicted molar refractivity (Wildman–Crippen MR) is 138 cm³/mol. The molecule has 10 nitrogen and oxygen atoms in total. The number of nitriles is 1. The van der Waals surface area contributed by atoms with Gasteiger partial charge >= 0.3 is 0 Å². The fraction of sp³-hybridized carbons (Fsp3) is 0.333. The zero-order valence-electron chi connectivity index (χ0n) is 21.1. The van der Waals surface area contributed by atoms with Gasteiger partial charge in [-0.1, -0.05) is 6.07 Å². The number of amides is 1. The lowest BCUT2D eigenvalue weighted by Gasteiger charge is -2.29. The van der Waals surface area contributed by atoms with Crippen molar-refractivity contribution >= 4 is 17.5 Å². The average Bonchev–Trinajstić information content (AvgIpc) is 3.56. The molecule has 4 aromatic heterocycles. The molecule has 194 valence electrons. The summed E-state index contributed by atoms with van der Waals surface area (Å²) < 4.78 is 14.6. The number of carbonyl (C=O) groups excluding carboxylic acids is 1. The Morgan fingerprint density at radius 3 is 2.63 bits per heavy atom. The normalized spacial score (nSPS) is 17.9. The number of carbonyl (C=O) groups is 1. The van der Waals surface area contributed by atoms with Crippen LogP contribution in [0.1, 0.15) is 67.1 Å². The summed E-state index contributed by atoms with van der Waals surface area (Å²) >= 11 is 0. The quantitative estimate of drug-likeness (QED) is 0.328. The minimum absolute atomic E-state index is 0.00644. The van der Waals surface area contributed by atoms with E-state index in [2.05, 4.69) is 37.0 Å². The summed E-state index contributed by atoms with van der Waals surface area (Å²) in [6.45, 7) is 3.83. The zero-order chi connectivity index (χ0) is 26.6. The lowest BCUT2D eigenvalue weighted by molar-refractivity contribution is -0.126. The maximum atomic E-state index is 13.2. The molecule has 4 aromatic rings. The number of anilines is 2. The highest BCUT2D eigenvalue weighted by Crippen LogP contribution is 2.37. The van der Waals surface area contributed by atoms with Crippen molar-refractivity contribution in [3.63, 3.8) is 0 Å². The van der Waals surface area contributed by atoms with E-state index in [4.69, 9.17) is 4.98 Å². The SMILES string of the molecule is Cc1cc(Nc2ccc(C#N)c([C@H]3CC[C@@H](C(=O)N[C@@H](C)c4ccc(-n5cc(F)cn5)nc4)CC3)n2)n[nH]1. The number of nitrogens with one attached hydrogen (secondary N) is 3. The summed E-state index contributed by atoms with van der Waals surface area (Å²) in [5.41, 5.74) is 3.11. The van der Waals surface area contributed by atoms with Gasteiger partial charge in [0.05, 0.1) is 29.7 Å². The van der Waals surface area contributed by atoms with Crippen molar-refractivity contribution in [2.24, 2.45) is 5.92 Å². The first-order chi connectivity index (χ1) is 18.4. The molecule has 38 heavy (non-hydrogen) atoms. The van der Waals surface area contributed by atoms with Gasteiger partial charge in [-0.2, -0.15) is 15.5 Å². The average molecular weight is 514 g/mol. The number of aromatic amines is 1. The van der Waals surface area contributed by atoms with Crippen LogP contribution in [-0.4, -0.2) is 35.9 Å². The van der Waals surface area contributed by atoms with Crippen molar-refractivity contribution in [3.8, 4) is 11.9 Å². The van der Waals surface area contributed by atoms with Crippen LogP contribution in [0.2, 0.25) is 0 Å². The van der Waals surface area contributed by atoms with Gasteiger partial charge in [-0.25, -0.2) is 19.0 Å². The molecular formula is C27H28FN9O. The van der Waals surface area contributed by atoms with E-state index in [0.29, 0.717) is 35.9 Å². The summed E-state index contributed by atoms with van der Waals surface area (Å²) in [5, 5.41) is 26.9. The van der Waals surface area contributed by atoms with Gasteiger partial charge in [-0.05, 0) is 63.3 Å². The summed E-state index contributed by atoms with van der Waals surface area (Å²) in [4.78, 5) is 22.1. The van der Waals surface area contributed by atoms with Crippen LogP contribution in [0.4, 0.5) is 16.0 Å². The number of halogens is 1. The van der Waals surface area contributed by atoms with Gasteiger partial charge in [0.25, 0.3) is 0 Å². The molecule has 0 aromatic carbocycles. The van der Waals surface area contributed by atoms with Crippen molar-refractivity contribution in [3.05, 3.63) is 77.3 Å². The van der Waals surface area contributed by atoms with Gasteiger partial charge in [0.1, 0.15) is 11.9 Å². The molecule has 1 atom stereocenters. The molecule has 0 spiro atoms. The van der Waals surface area contributed by atoms with Crippen LogP contribution in [0.25, 0.3) is 5.82 Å². The number of H-pyrrole nitrogens is 1. The molecule has 0 saturated heterocycles. The van der Waals surface area contributed by atoms with Crippen LogP contribution < -0.4 is 10.6 Å². The van der Waals surface area contributed by atoms with Gasteiger partial charge in [0.15, 0.2) is 17.5 Å². The molecule has 3 N–H and O–H groups in total. The topological polar surface area (TPSA) is 137 Å². The number of aryl methyl sites for hydroxylation is 1. The predicted octanol–water partition coefficient (Wildman–Crippen LogP) is 4.60. The molecule has 1 amide bonds. The Kier molecular flexibility index (Phi) is 7.13. The van der Waals surface area contributed by atoms with E-state index >= 15 is 0 Å². The Morgan fingerprint density at radius 2 is 2.00 bits per heavy atom. The van der Waals surface area contributed by atoms with Crippen LogP contribution in [0.5, 0.6) is 0 Å². The van der Waals surface area contributed by atoms with Crippen molar-refractivity contribution in [1.29, 1.82) is 5.26 Å². The molecule has 0 aliphatic heterocycles. The summed E-state index contributed by atoms with van der Waals surface area (Å²) in [5.74, 6) is 1.38. The fourth-order valence-corrected chi connectivity index (χ4v) is 4.82. The number of rotatable bonds is 7. The van der Waals surface area contributed by atoms with Gasteiger partial charge in [0, 0.05) is 29.8 Å². The van der Waals surface area contributed by atoms with E-state index < -0.39 is 5.82 Å². The Labute approximate surface area is 219 Å². The molecule has 0 unspecified atom stereocenters. The molecule has 11 heteroatoms. The molecule has 1 aliphatic rings. The lowest BCUT2D eigenvalue weighted by atomic mass is 9.79. The number of aromatic nitrogens is 6. The van der Waals surface area contributed by atoms with E-state index in [9.17, 15) is 14.4 Å². The molecular weight excluding hydrogens is 485 g/mol. The molecule has 1 saturated carbocycles. The Bertz CT molecular complexity index is 1460. The van der Waals surface area contributed by atoms with Crippen molar-refractivity contribution in [2.45, 2.75) is 51.5 Å². The standard InChI is InChI=1S/C27H28FN9O/c1-16-11-24(36-35-16)33-23-9-7-20(12-29)26(34-23)18-3-5-19(6-4-18)27(38)32-17(2)21-8-10-25(30-13-21)37-15-22(28)14-31-37/h7-11,13-15,17-19H,3-6H2,1-2H3,(H,32,38)(H2,33,34,35,36)/t17-,18-,19+/m0/s1. The van der Waals surface area contributed by atoms with Gasteiger partial charge < -0.3 is 10.6 Å². The first-order valence-electron chi connectivity index (χ1n) is 12.6. The smallest absolute Gasteiger partial charge is 0.223 e. The van der Waals surface area contributed by atoms with E-state index in [1.165, 1.54) is 10.9 Å². The van der Waals surface area contributed by atoms with Crippen molar-refractivity contribution in [2.75, 3.05) is 5.32 Å².